The molecule has 2 heterocycles. The number of anilines is 1. The standard InChI is InChI=1S/C21H26N2O4S/c1-5-8-19-22-15(12-28-19)14-9-10-18-17(11-14)23(20(24)13(4)27-18)16(6-2)21(25)26-7-3/h9-13,16H,5-8H2,1-4H3. The normalized spacial score (nSPS) is 17.1. The minimum atomic E-state index is -0.682. The van der Waals surface area contributed by atoms with Crippen molar-refractivity contribution in [1.29, 1.82) is 0 Å². The van der Waals surface area contributed by atoms with Gasteiger partial charge in [0, 0.05) is 10.9 Å². The first-order valence-corrected chi connectivity index (χ1v) is 10.6. The van der Waals surface area contributed by atoms with Gasteiger partial charge in [-0.2, -0.15) is 0 Å². The lowest BCUT2D eigenvalue weighted by atomic mass is 10.0. The van der Waals surface area contributed by atoms with Crippen LogP contribution < -0.4 is 9.64 Å². The smallest absolute Gasteiger partial charge is 0.329 e. The highest BCUT2D eigenvalue weighted by Gasteiger charge is 2.39. The number of benzene rings is 1. The van der Waals surface area contributed by atoms with Crippen LogP contribution in [0.2, 0.25) is 0 Å². The topological polar surface area (TPSA) is 68.7 Å². The Morgan fingerprint density at radius 2 is 2.14 bits per heavy atom. The third kappa shape index (κ3) is 3.90. The third-order valence-corrected chi connectivity index (χ3v) is 5.58. The van der Waals surface area contributed by atoms with Crippen LogP contribution in [0, 0.1) is 0 Å². The molecule has 0 N–H and O–H groups in total. The molecule has 0 aliphatic carbocycles. The van der Waals surface area contributed by atoms with Gasteiger partial charge in [0.1, 0.15) is 11.8 Å². The van der Waals surface area contributed by atoms with Crippen LogP contribution in [0.1, 0.15) is 45.5 Å². The summed E-state index contributed by atoms with van der Waals surface area (Å²) in [6, 6.07) is 4.98. The van der Waals surface area contributed by atoms with E-state index in [0.29, 0.717) is 17.9 Å². The average molecular weight is 403 g/mol. The number of rotatable bonds is 7. The van der Waals surface area contributed by atoms with Gasteiger partial charge in [0.15, 0.2) is 6.10 Å². The van der Waals surface area contributed by atoms with Crippen LogP contribution in [0.3, 0.4) is 0 Å². The Labute approximate surface area is 169 Å². The molecule has 1 aliphatic heterocycles. The predicted octanol–water partition coefficient (Wildman–Crippen LogP) is 4.22. The van der Waals surface area contributed by atoms with Crippen molar-refractivity contribution in [2.24, 2.45) is 0 Å². The Hall–Kier alpha value is -2.41. The molecule has 2 atom stereocenters. The van der Waals surface area contributed by atoms with Gasteiger partial charge in [-0.05, 0) is 51.3 Å². The number of nitrogens with zero attached hydrogens (tertiary/aromatic N) is 2. The quantitative estimate of drug-likeness (QED) is 0.649. The highest BCUT2D eigenvalue weighted by Crippen LogP contribution is 2.39. The van der Waals surface area contributed by atoms with E-state index in [1.807, 2.05) is 30.5 Å². The summed E-state index contributed by atoms with van der Waals surface area (Å²) >= 11 is 1.63. The summed E-state index contributed by atoms with van der Waals surface area (Å²) < 4.78 is 11.0. The molecule has 1 amide bonds. The van der Waals surface area contributed by atoms with Gasteiger partial charge < -0.3 is 9.47 Å². The second-order valence-corrected chi connectivity index (χ2v) is 7.65. The second kappa shape index (κ2) is 8.73. The number of carbonyl (C=O) groups is 2. The molecule has 0 spiro atoms. The summed E-state index contributed by atoms with van der Waals surface area (Å²) in [5.41, 5.74) is 2.35. The van der Waals surface area contributed by atoms with E-state index in [-0.39, 0.29) is 12.5 Å². The van der Waals surface area contributed by atoms with E-state index in [1.54, 1.807) is 25.2 Å². The predicted molar refractivity (Wildman–Crippen MR) is 110 cm³/mol. The Kier molecular flexibility index (Phi) is 6.34. The fourth-order valence-corrected chi connectivity index (χ4v) is 4.22. The molecule has 2 unspecified atom stereocenters. The number of amides is 1. The van der Waals surface area contributed by atoms with Gasteiger partial charge in [-0.1, -0.05) is 13.8 Å². The minimum Gasteiger partial charge on any atom is -0.479 e. The van der Waals surface area contributed by atoms with Gasteiger partial charge >= 0.3 is 5.97 Å². The average Bonchev–Trinajstić information content (AvgIpc) is 3.14. The summed E-state index contributed by atoms with van der Waals surface area (Å²) in [6.45, 7) is 7.73. The van der Waals surface area contributed by atoms with E-state index < -0.39 is 18.1 Å². The fourth-order valence-electron chi connectivity index (χ4n) is 3.31. The maximum Gasteiger partial charge on any atom is 0.329 e. The van der Waals surface area contributed by atoms with Crippen LogP contribution >= 0.6 is 11.3 Å². The molecule has 3 rings (SSSR count). The number of fused-ring (bicyclic) bond motifs is 1. The monoisotopic (exact) mass is 402 g/mol. The van der Waals surface area contributed by atoms with Crippen LogP contribution in [0.5, 0.6) is 5.75 Å². The molecule has 28 heavy (non-hydrogen) atoms. The number of ether oxygens (including phenoxy) is 2. The third-order valence-electron chi connectivity index (χ3n) is 4.68. The number of thiazole rings is 1. The molecule has 1 aliphatic rings. The molecule has 150 valence electrons. The van der Waals surface area contributed by atoms with Crippen LogP contribution in [-0.4, -0.2) is 35.6 Å². The summed E-state index contributed by atoms with van der Waals surface area (Å²) in [5.74, 6) is -0.0557. The van der Waals surface area contributed by atoms with Crippen molar-refractivity contribution in [1.82, 2.24) is 4.98 Å². The van der Waals surface area contributed by atoms with E-state index >= 15 is 0 Å². The molecular formula is C21H26N2O4S. The van der Waals surface area contributed by atoms with Crippen molar-refractivity contribution in [2.45, 2.75) is 59.1 Å². The molecule has 0 saturated carbocycles. The van der Waals surface area contributed by atoms with Crippen LogP contribution in [0.4, 0.5) is 5.69 Å². The summed E-state index contributed by atoms with van der Waals surface area (Å²) in [6.07, 6.45) is 1.79. The van der Waals surface area contributed by atoms with Crippen molar-refractivity contribution in [3.05, 3.63) is 28.6 Å². The molecule has 1 aromatic carbocycles. The van der Waals surface area contributed by atoms with Crippen molar-refractivity contribution in [3.63, 3.8) is 0 Å². The zero-order chi connectivity index (χ0) is 20.3. The number of hydrogen-bond donors (Lipinski definition) is 0. The first kappa shape index (κ1) is 20.3. The molecule has 1 aromatic heterocycles. The zero-order valence-electron chi connectivity index (χ0n) is 16.7. The summed E-state index contributed by atoms with van der Waals surface area (Å²) in [4.78, 5) is 31.6. The highest BCUT2D eigenvalue weighted by atomic mass is 32.1. The lowest BCUT2D eigenvalue weighted by Crippen LogP contribution is -2.52. The second-order valence-electron chi connectivity index (χ2n) is 6.70. The van der Waals surface area contributed by atoms with E-state index in [1.165, 1.54) is 4.90 Å². The van der Waals surface area contributed by atoms with Crippen LogP contribution in [0.15, 0.2) is 23.6 Å². The molecule has 0 bridgehead atoms. The molecule has 0 saturated heterocycles. The van der Waals surface area contributed by atoms with Gasteiger partial charge in [0.05, 0.1) is 23.0 Å². The largest absolute Gasteiger partial charge is 0.479 e. The van der Waals surface area contributed by atoms with E-state index in [0.717, 1.165) is 29.1 Å². The van der Waals surface area contributed by atoms with Crippen molar-refractivity contribution >= 4 is 28.9 Å². The number of aromatic nitrogens is 1. The molecule has 0 fully saturated rings. The van der Waals surface area contributed by atoms with Gasteiger partial charge in [0.2, 0.25) is 0 Å². The van der Waals surface area contributed by atoms with E-state index in [9.17, 15) is 9.59 Å². The highest BCUT2D eigenvalue weighted by molar-refractivity contribution is 7.09. The molecule has 2 aromatic rings. The maximum absolute atomic E-state index is 12.9. The van der Waals surface area contributed by atoms with Crippen molar-refractivity contribution in [3.8, 4) is 17.0 Å². The number of hydrogen-bond acceptors (Lipinski definition) is 6. The van der Waals surface area contributed by atoms with Crippen LogP contribution in [0.25, 0.3) is 11.3 Å². The number of aryl methyl sites for hydroxylation is 1. The minimum absolute atomic E-state index is 0.241. The van der Waals surface area contributed by atoms with E-state index in [4.69, 9.17) is 14.5 Å². The number of esters is 1. The Morgan fingerprint density at radius 1 is 1.36 bits per heavy atom. The summed E-state index contributed by atoms with van der Waals surface area (Å²) in [5, 5.41) is 3.11. The van der Waals surface area contributed by atoms with Crippen molar-refractivity contribution < 1.29 is 19.1 Å². The van der Waals surface area contributed by atoms with Gasteiger partial charge in [-0.25, -0.2) is 9.78 Å². The van der Waals surface area contributed by atoms with Gasteiger partial charge in [-0.15, -0.1) is 11.3 Å². The molecular weight excluding hydrogens is 376 g/mol. The van der Waals surface area contributed by atoms with Crippen LogP contribution in [-0.2, 0) is 20.7 Å². The molecule has 0 radical (unpaired) electrons. The number of carbonyl (C=O) groups excluding carboxylic acids is 2. The Bertz CT molecular complexity index is 864. The SMILES string of the molecule is CCCc1nc(-c2ccc3c(c2)N(C(CC)C(=O)OCC)C(=O)C(C)O3)cs1. The van der Waals surface area contributed by atoms with E-state index in [2.05, 4.69) is 6.92 Å². The Morgan fingerprint density at radius 3 is 2.82 bits per heavy atom. The van der Waals surface area contributed by atoms with Gasteiger partial charge in [-0.3, -0.25) is 9.69 Å². The first-order valence-electron chi connectivity index (χ1n) is 9.75. The lowest BCUT2D eigenvalue weighted by Gasteiger charge is -2.37. The maximum atomic E-state index is 12.9. The molecule has 7 heteroatoms. The lowest BCUT2D eigenvalue weighted by molar-refractivity contribution is -0.146. The zero-order valence-corrected chi connectivity index (χ0v) is 17.5. The summed E-state index contributed by atoms with van der Waals surface area (Å²) in [7, 11) is 0. The first-order chi connectivity index (χ1) is 13.5. The fraction of sp³-hybridized carbons (Fsp3) is 0.476. The molecule has 6 nitrogen and oxygen atoms in total. The van der Waals surface area contributed by atoms with Gasteiger partial charge in [0.25, 0.3) is 5.91 Å². The Balaban J connectivity index is 2.03. The van der Waals surface area contributed by atoms with Crippen molar-refractivity contribution in [2.75, 3.05) is 11.5 Å².